The SMILES string of the molecule is COc1ccc(S(=O)(=O)N2CCC[C@@H](C(=O)Nc3ccc(F)cc3C)C2)cc1. The van der Waals surface area contributed by atoms with Gasteiger partial charge in [-0.2, -0.15) is 4.31 Å². The number of nitrogens with one attached hydrogen (secondary N) is 1. The molecule has 1 aliphatic heterocycles. The number of carbonyl (C=O) groups is 1. The zero-order valence-electron chi connectivity index (χ0n) is 15.8. The molecule has 1 fully saturated rings. The Bertz CT molecular complexity index is 961. The zero-order chi connectivity index (χ0) is 20.3. The van der Waals surface area contributed by atoms with Crippen LogP contribution in [-0.2, 0) is 14.8 Å². The van der Waals surface area contributed by atoms with Crippen molar-refractivity contribution in [1.82, 2.24) is 4.31 Å². The summed E-state index contributed by atoms with van der Waals surface area (Å²) in [5, 5.41) is 2.79. The smallest absolute Gasteiger partial charge is 0.243 e. The number of amides is 1. The number of nitrogens with zero attached hydrogens (tertiary/aromatic N) is 1. The average molecular weight is 406 g/mol. The van der Waals surface area contributed by atoms with Gasteiger partial charge >= 0.3 is 0 Å². The highest BCUT2D eigenvalue weighted by Gasteiger charge is 2.33. The molecule has 0 saturated carbocycles. The van der Waals surface area contributed by atoms with Crippen molar-refractivity contribution in [3.63, 3.8) is 0 Å². The summed E-state index contributed by atoms with van der Waals surface area (Å²) in [5.74, 6) is -0.523. The molecule has 2 aromatic rings. The van der Waals surface area contributed by atoms with Crippen LogP contribution in [0.25, 0.3) is 0 Å². The predicted octanol–water partition coefficient (Wildman–Crippen LogP) is 3.18. The van der Waals surface area contributed by atoms with E-state index in [1.165, 1.54) is 41.7 Å². The molecule has 0 spiro atoms. The zero-order valence-corrected chi connectivity index (χ0v) is 16.6. The molecule has 0 unspecified atom stereocenters. The number of benzene rings is 2. The standard InChI is InChI=1S/C20H23FN2O4S/c1-14-12-16(21)5-10-19(14)22-20(24)15-4-3-11-23(13-15)28(25,26)18-8-6-17(27-2)7-9-18/h5-10,12,15H,3-4,11,13H2,1-2H3,(H,22,24)/t15-/m1/s1. The lowest BCUT2D eigenvalue weighted by atomic mass is 9.98. The second-order valence-electron chi connectivity index (χ2n) is 6.83. The van der Waals surface area contributed by atoms with Crippen molar-refractivity contribution in [2.45, 2.75) is 24.7 Å². The molecule has 6 nitrogen and oxygen atoms in total. The van der Waals surface area contributed by atoms with Gasteiger partial charge in [-0.05, 0) is 67.8 Å². The Morgan fingerprint density at radius 3 is 2.57 bits per heavy atom. The lowest BCUT2D eigenvalue weighted by Gasteiger charge is -2.31. The first-order valence-corrected chi connectivity index (χ1v) is 10.5. The van der Waals surface area contributed by atoms with E-state index in [4.69, 9.17) is 4.74 Å². The van der Waals surface area contributed by atoms with E-state index in [1.807, 2.05) is 0 Å². The number of sulfonamides is 1. The van der Waals surface area contributed by atoms with Gasteiger partial charge in [-0.15, -0.1) is 0 Å². The van der Waals surface area contributed by atoms with Crippen LogP contribution in [0.2, 0.25) is 0 Å². The van der Waals surface area contributed by atoms with Gasteiger partial charge in [0, 0.05) is 18.8 Å². The summed E-state index contributed by atoms with van der Waals surface area (Å²) in [7, 11) is -2.18. The van der Waals surface area contributed by atoms with Crippen molar-refractivity contribution in [1.29, 1.82) is 0 Å². The first kappa shape index (κ1) is 20.3. The summed E-state index contributed by atoms with van der Waals surface area (Å²) >= 11 is 0. The molecule has 1 atom stereocenters. The van der Waals surface area contributed by atoms with E-state index < -0.39 is 15.9 Å². The van der Waals surface area contributed by atoms with Crippen LogP contribution in [0.1, 0.15) is 18.4 Å². The van der Waals surface area contributed by atoms with E-state index in [0.29, 0.717) is 36.4 Å². The van der Waals surface area contributed by atoms with E-state index in [-0.39, 0.29) is 23.2 Å². The molecule has 2 aromatic carbocycles. The highest BCUT2D eigenvalue weighted by atomic mass is 32.2. The summed E-state index contributed by atoms with van der Waals surface area (Å²) in [6, 6.07) is 10.3. The summed E-state index contributed by atoms with van der Waals surface area (Å²) in [6.07, 6.45) is 1.19. The van der Waals surface area contributed by atoms with Gasteiger partial charge in [0.05, 0.1) is 17.9 Å². The molecule has 0 aromatic heterocycles. The van der Waals surface area contributed by atoms with Gasteiger partial charge in [-0.3, -0.25) is 4.79 Å². The molecule has 1 saturated heterocycles. The summed E-state index contributed by atoms with van der Waals surface area (Å²) in [6.45, 7) is 2.19. The van der Waals surface area contributed by atoms with Crippen LogP contribution in [0, 0.1) is 18.7 Å². The first-order chi connectivity index (χ1) is 13.3. The number of hydrogen-bond donors (Lipinski definition) is 1. The number of aryl methyl sites for hydroxylation is 1. The van der Waals surface area contributed by atoms with Crippen molar-refractivity contribution >= 4 is 21.6 Å². The van der Waals surface area contributed by atoms with E-state index in [0.717, 1.165) is 0 Å². The Morgan fingerprint density at radius 1 is 1.21 bits per heavy atom. The van der Waals surface area contributed by atoms with E-state index in [1.54, 1.807) is 19.1 Å². The molecule has 3 rings (SSSR count). The van der Waals surface area contributed by atoms with Crippen LogP contribution < -0.4 is 10.1 Å². The van der Waals surface area contributed by atoms with Gasteiger partial charge in [0.15, 0.2) is 0 Å². The molecule has 0 bridgehead atoms. The first-order valence-electron chi connectivity index (χ1n) is 9.02. The predicted molar refractivity (Wildman–Crippen MR) is 104 cm³/mol. The topological polar surface area (TPSA) is 75.7 Å². The molecule has 0 aliphatic carbocycles. The lowest BCUT2D eigenvalue weighted by Crippen LogP contribution is -2.43. The maximum absolute atomic E-state index is 13.2. The molecular weight excluding hydrogens is 383 g/mol. The number of anilines is 1. The maximum atomic E-state index is 13.2. The van der Waals surface area contributed by atoms with Crippen molar-refractivity contribution in [3.05, 3.63) is 53.8 Å². The maximum Gasteiger partial charge on any atom is 0.243 e. The number of piperidine rings is 1. The summed E-state index contributed by atoms with van der Waals surface area (Å²) in [5.41, 5.74) is 1.15. The number of halogens is 1. The van der Waals surface area contributed by atoms with Gasteiger partial charge in [0.2, 0.25) is 15.9 Å². The molecule has 8 heteroatoms. The molecule has 1 aliphatic rings. The monoisotopic (exact) mass is 406 g/mol. The summed E-state index contributed by atoms with van der Waals surface area (Å²) < 4.78 is 45.5. The Labute approximate surface area is 164 Å². The molecular formula is C20H23FN2O4S. The number of rotatable bonds is 5. The van der Waals surface area contributed by atoms with Crippen LogP contribution in [0.4, 0.5) is 10.1 Å². The third-order valence-electron chi connectivity index (χ3n) is 4.90. The van der Waals surface area contributed by atoms with Crippen molar-refractivity contribution in [2.24, 2.45) is 5.92 Å². The van der Waals surface area contributed by atoms with Gasteiger partial charge in [-0.1, -0.05) is 0 Å². The van der Waals surface area contributed by atoms with E-state index >= 15 is 0 Å². The number of ether oxygens (including phenoxy) is 1. The number of methoxy groups -OCH3 is 1. The minimum Gasteiger partial charge on any atom is -0.497 e. The van der Waals surface area contributed by atoms with Crippen LogP contribution in [0.3, 0.4) is 0 Å². The van der Waals surface area contributed by atoms with E-state index in [2.05, 4.69) is 5.32 Å². The van der Waals surface area contributed by atoms with Gasteiger partial charge < -0.3 is 10.1 Å². The molecule has 150 valence electrons. The van der Waals surface area contributed by atoms with Gasteiger partial charge in [-0.25, -0.2) is 12.8 Å². The lowest BCUT2D eigenvalue weighted by molar-refractivity contribution is -0.120. The highest BCUT2D eigenvalue weighted by Crippen LogP contribution is 2.26. The Balaban J connectivity index is 1.72. The van der Waals surface area contributed by atoms with Crippen LogP contribution in [0.5, 0.6) is 5.75 Å². The molecule has 0 radical (unpaired) electrons. The normalized spacial score (nSPS) is 17.9. The average Bonchev–Trinajstić information content (AvgIpc) is 2.70. The highest BCUT2D eigenvalue weighted by molar-refractivity contribution is 7.89. The largest absolute Gasteiger partial charge is 0.497 e. The molecule has 1 heterocycles. The van der Waals surface area contributed by atoms with Crippen molar-refractivity contribution < 1.29 is 22.3 Å². The van der Waals surface area contributed by atoms with Crippen molar-refractivity contribution in [2.75, 3.05) is 25.5 Å². The Hall–Kier alpha value is -2.45. The summed E-state index contributed by atoms with van der Waals surface area (Å²) in [4.78, 5) is 12.8. The van der Waals surface area contributed by atoms with Crippen LogP contribution >= 0.6 is 0 Å². The minimum absolute atomic E-state index is 0.112. The fourth-order valence-electron chi connectivity index (χ4n) is 3.27. The number of hydrogen-bond acceptors (Lipinski definition) is 4. The van der Waals surface area contributed by atoms with Gasteiger partial charge in [0.1, 0.15) is 11.6 Å². The Kier molecular flexibility index (Phi) is 6.00. The third kappa shape index (κ3) is 4.34. The van der Waals surface area contributed by atoms with Crippen molar-refractivity contribution in [3.8, 4) is 5.75 Å². The van der Waals surface area contributed by atoms with Crippen LogP contribution in [0.15, 0.2) is 47.4 Å². The number of carbonyl (C=O) groups excluding carboxylic acids is 1. The quantitative estimate of drug-likeness (QED) is 0.828. The third-order valence-corrected chi connectivity index (χ3v) is 6.78. The second-order valence-corrected chi connectivity index (χ2v) is 8.76. The van der Waals surface area contributed by atoms with Crippen LogP contribution in [-0.4, -0.2) is 38.8 Å². The van der Waals surface area contributed by atoms with E-state index in [9.17, 15) is 17.6 Å². The fourth-order valence-corrected chi connectivity index (χ4v) is 4.80. The Morgan fingerprint density at radius 2 is 1.93 bits per heavy atom. The second kappa shape index (κ2) is 8.28. The minimum atomic E-state index is -3.69. The van der Waals surface area contributed by atoms with Gasteiger partial charge in [0.25, 0.3) is 0 Å². The fraction of sp³-hybridized carbons (Fsp3) is 0.350. The molecule has 28 heavy (non-hydrogen) atoms. The molecule has 1 amide bonds. The molecule has 1 N–H and O–H groups in total.